The van der Waals surface area contributed by atoms with Gasteiger partial charge in [-0.3, -0.25) is 4.79 Å². The van der Waals surface area contributed by atoms with E-state index in [0.29, 0.717) is 21.9 Å². The van der Waals surface area contributed by atoms with Gasteiger partial charge < -0.3 is 4.90 Å². The van der Waals surface area contributed by atoms with Crippen LogP contribution in [0.4, 0.5) is 0 Å². The predicted octanol–water partition coefficient (Wildman–Crippen LogP) is 3.35. The highest BCUT2D eigenvalue weighted by atomic mass is 79.9. The highest BCUT2D eigenvalue weighted by Crippen LogP contribution is 2.26. The summed E-state index contributed by atoms with van der Waals surface area (Å²) in [4.78, 5) is 12.9. The van der Waals surface area contributed by atoms with Crippen LogP contribution in [0.5, 0.6) is 0 Å². The van der Waals surface area contributed by atoms with E-state index in [1.807, 2.05) is 12.1 Å². The van der Waals surface area contributed by atoms with Crippen LogP contribution in [-0.2, 0) is 11.3 Å². The standard InChI is InChI=1S/C10H10BrCl2NO/c1-14(9(15)5-11)6-7-3-2-4-8(12)10(7)13/h2-4H,5-6H2,1H3. The second-order valence-electron chi connectivity index (χ2n) is 3.10. The highest BCUT2D eigenvalue weighted by Gasteiger charge is 2.10. The van der Waals surface area contributed by atoms with Gasteiger partial charge in [0, 0.05) is 13.6 Å². The van der Waals surface area contributed by atoms with Crippen LogP contribution in [0.2, 0.25) is 10.0 Å². The number of nitrogens with zero attached hydrogens (tertiary/aromatic N) is 1. The van der Waals surface area contributed by atoms with Crippen molar-refractivity contribution < 1.29 is 4.79 Å². The second kappa shape index (κ2) is 5.73. The Bertz CT molecular complexity index is 370. The molecule has 0 atom stereocenters. The van der Waals surface area contributed by atoms with Crippen molar-refractivity contribution >= 4 is 45.0 Å². The van der Waals surface area contributed by atoms with Gasteiger partial charge in [0.05, 0.1) is 15.4 Å². The molecular weight excluding hydrogens is 301 g/mol. The molecule has 82 valence electrons. The van der Waals surface area contributed by atoms with Crippen molar-refractivity contribution in [2.24, 2.45) is 0 Å². The van der Waals surface area contributed by atoms with Gasteiger partial charge in [-0.1, -0.05) is 51.3 Å². The Hall–Kier alpha value is -0.250. The molecule has 0 saturated heterocycles. The van der Waals surface area contributed by atoms with Crippen molar-refractivity contribution in [3.8, 4) is 0 Å². The van der Waals surface area contributed by atoms with E-state index >= 15 is 0 Å². The molecule has 0 aliphatic heterocycles. The van der Waals surface area contributed by atoms with Gasteiger partial charge in [0.2, 0.25) is 5.91 Å². The van der Waals surface area contributed by atoms with Crippen molar-refractivity contribution in [1.29, 1.82) is 0 Å². The molecule has 0 unspecified atom stereocenters. The number of amides is 1. The molecule has 0 aliphatic rings. The number of carbonyl (C=O) groups excluding carboxylic acids is 1. The summed E-state index contributed by atoms with van der Waals surface area (Å²) >= 11 is 15.0. The smallest absolute Gasteiger partial charge is 0.233 e. The SMILES string of the molecule is CN(Cc1cccc(Cl)c1Cl)C(=O)CBr. The zero-order chi connectivity index (χ0) is 11.4. The lowest BCUT2D eigenvalue weighted by Gasteiger charge is -2.16. The summed E-state index contributed by atoms with van der Waals surface area (Å²) in [5.41, 5.74) is 0.848. The van der Waals surface area contributed by atoms with Gasteiger partial charge in [-0.05, 0) is 11.6 Å². The third-order valence-corrected chi connectivity index (χ3v) is 3.32. The van der Waals surface area contributed by atoms with Crippen LogP contribution < -0.4 is 0 Å². The Morgan fingerprint density at radius 1 is 1.47 bits per heavy atom. The van der Waals surface area contributed by atoms with Gasteiger partial charge in [-0.2, -0.15) is 0 Å². The number of halogens is 3. The van der Waals surface area contributed by atoms with Gasteiger partial charge in [0.25, 0.3) is 0 Å². The average molecular weight is 311 g/mol. The maximum atomic E-state index is 11.3. The Morgan fingerprint density at radius 2 is 2.13 bits per heavy atom. The maximum absolute atomic E-state index is 11.3. The lowest BCUT2D eigenvalue weighted by Crippen LogP contribution is -2.27. The van der Waals surface area contributed by atoms with Crippen LogP contribution in [0, 0.1) is 0 Å². The molecule has 15 heavy (non-hydrogen) atoms. The van der Waals surface area contributed by atoms with Gasteiger partial charge in [0.1, 0.15) is 0 Å². The summed E-state index contributed by atoms with van der Waals surface area (Å²) in [5.74, 6) is 0.00559. The van der Waals surface area contributed by atoms with E-state index < -0.39 is 0 Å². The Kier molecular flexibility index (Phi) is 4.90. The first kappa shape index (κ1) is 12.8. The Balaban J connectivity index is 2.81. The molecule has 0 saturated carbocycles. The molecule has 0 heterocycles. The zero-order valence-electron chi connectivity index (χ0n) is 8.14. The summed E-state index contributed by atoms with van der Waals surface area (Å²) in [6, 6.07) is 5.39. The minimum absolute atomic E-state index is 0.00559. The average Bonchev–Trinajstić information content (AvgIpc) is 2.23. The van der Waals surface area contributed by atoms with Gasteiger partial charge in [-0.15, -0.1) is 0 Å². The van der Waals surface area contributed by atoms with Gasteiger partial charge in [-0.25, -0.2) is 0 Å². The van der Waals surface area contributed by atoms with Crippen LogP contribution in [0.1, 0.15) is 5.56 Å². The molecule has 1 aromatic carbocycles. The van der Waals surface area contributed by atoms with Crippen molar-refractivity contribution in [3.05, 3.63) is 33.8 Å². The van der Waals surface area contributed by atoms with Crippen molar-refractivity contribution in [1.82, 2.24) is 4.90 Å². The summed E-state index contributed by atoms with van der Waals surface area (Å²) in [5, 5.41) is 1.32. The monoisotopic (exact) mass is 309 g/mol. The largest absolute Gasteiger partial charge is 0.341 e. The first-order valence-electron chi connectivity index (χ1n) is 4.29. The van der Waals surface area contributed by atoms with E-state index in [1.165, 1.54) is 0 Å². The summed E-state index contributed by atoms with van der Waals surface area (Å²) in [7, 11) is 1.72. The molecule has 1 rings (SSSR count). The lowest BCUT2D eigenvalue weighted by atomic mass is 10.2. The number of benzene rings is 1. The van der Waals surface area contributed by atoms with Gasteiger partial charge >= 0.3 is 0 Å². The lowest BCUT2D eigenvalue weighted by molar-refractivity contribution is -0.127. The number of hydrogen-bond donors (Lipinski definition) is 0. The predicted molar refractivity (Wildman–Crippen MR) is 66.7 cm³/mol. The first-order valence-corrected chi connectivity index (χ1v) is 6.16. The molecule has 2 nitrogen and oxygen atoms in total. The normalized spacial score (nSPS) is 10.1. The van der Waals surface area contributed by atoms with E-state index in [4.69, 9.17) is 23.2 Å². The minimum Gasteiger partial charge on any atom is -0.341 e. The van der Waals surface area contributed by atoms with Crippen LogP contribution >= 0.6 is 39.1 Å². The Morgan fingerprint density at radius 3 is 2.73 bits per heavy atom. The molecule has 0 aliphatic carbocycles. The number of alkyl halides is 1. The Labute approximate surface area is 107 Å². The van der Waals surface area contributed by atoms with Crippen LogP contribution in [0.3, 0.4) is 0 Å². The maximum Gasteiger partial charge on any atom is 0.233 e. The van der Waals surface area contributed by atoms with E-state index in [-0.39, 0.29) is 5.91 Å². The van der Waals surface area contributed by atoms with E-state index in [0.717, 1.165) is 5.56 Å². The van der Waals surface area contributed by atoms with Crippen LogP contribution in [0.15, 0.2) is 18.2 Å². The van der Waals surface area contributed by atoms with E-state index in [1.54, 1.807) is 18.0 Å². The first-order chi connectivity index (χ1) is 7.06. The molecule has 1 aromatic rings. The van der Waals surface area contributed by atoms with E-state index in [9.17, 15) is 4.79 Å². The van der Waals surface area contributed by atoms with Crippen LogP contribution in [-0.4, -0.2) is 23.2 Å². The molecule has 5 heteroatoms. The summed E-state index contributed by atoms with van der Waals surface area (Å²) in [6.45, 7) is 0.462. The number of carbonyl (C=O) groups is 1. The fourth-order valence-electron chi connectivity index (χ4n) is 1.12. The fourth-order valence-corrected chi connectivity index (χ4v) is 1.92. The van der Waals surface area contributed by atoms with Gasteiger partial charge in [0.15, 0.2) is 0 Å². The van der Waals surface area contributed by atoms with Crippen LogP contribution in [0.25, 0.3) is 0 Å². The van der Waals surface area contributed by atoms with Crippen molar-refractivity contribution in [2.45, 2.75) is 6.54 Å². The quantitative estimate of drug-likeness (QED) is 0.784. The second-order valence-corrected chi connectivity index (χ2v) is 4.44. The minimum atomic E-state index is 0.00559. The molecule has 0 N–H and O–H groups in total. The molecule has 0 spiro atoms. The van der Waals surface area contributed by atoms with E-state index in [2.05, 4.69) is 15.9 Å². The third-order valence-electron chi connectivity index (χ3n) is 1.98. The summed E-state index contributed by atoms with van der Waals surface area (Å²) in [6.07, 6.45) is 0. The number of rotatable bonds is 3. The molecule has 0 aromatic heterocycles. The fraction of sp³-hybridized carbons (Fsp3) is 0.300. The van der Waals surface area contributed by atoms with Crippen molar-refractivity contribution in [3.63, 3.8) is 0 Å². The molecule has 0 fully saturated rings. The zero-order valence-corrected chi connectivity index (χ0v) is 11.2. The summed E-state index contributed by atoms with van der Waals surface area (Å²) < 4.78 is 0. The molecule has 1 amide bonds. The topological polar surface area (TPSA) is 20.3 Å². The molecular formula is C10H10BrCl2NO. The third kappa shape index (κ3) is 3.37. The van der Waals surface area contributed by atoms with Crippen molar-refractivity contribution in [2.75, 3.05) is 12.4 Å². The number of hydrogen-bond acceptors (Lipinski definition) is 1. The molecule has 0 bridgehead atoms. The molecule has 0 radical (unpaired) electrons. The highest BCUT2D eigenvalue weighted by molar-refractivity contribution is 9.09.